The molecule has 0 aromatic heterocycles. The van der Waals surface area contributed by atoms with Crippen molar-refractivity contribution in [2.45, 2.75) is 364 Å². The summed E-state index contributed by atoms with van der Waals surface area (Å²) in [7, 11) is 0. The van der Waals surface area contributed by atoms with Crippen LogP contribution in [-0.4, -0.2) is 140 Å². The van der Waals surface area contributed by atoms with E-state index >= 15 is 0 Å². The highest BCUT2D eigenvalue weighted by molar-refractivity contribution is 5.76. The molecule has 0 radical (unpaired) electrons. The number of ether oxygens (including phenoxy) is 4. The average molecular weight is 1070 g/mol. The van der Waals surface area contributed by atoms with E-state index in [1.165, 1.54) is 205 Å². The highest BCUT2D eigenvalue weighted by Crippen LogP contribution is 2.30. The molecular weight excluding hydrogens is 955 g/mol. The van der Waals surface area contributed by atoms with E-state index in [-0.39, 0.29) is 12.5 Å². The zero-order valence-electron chi connectivity index (χ0n) is 48.1. The maximum absolute atomic E-state index is 13.1. The Balaban J connectivity index is 1.47. The third-order valence-corrected chi connectivity index (χ3v) is 16.1. The van der Waals surface area contributed by atoms with Gasteiger partial charge >= 0.3 is 0 Å². The van der Waals surface area contributed by atoms with Crippen molar-refractivity contribution in [3.63, 3.8) is 0 Å². The second-order valence-electron chi connectivity index (χ2n) is 22.9. The molecule has 0 bridgehead atoms. The normalized spacial score (nSPS) is 24.9. The second-order valence-corrected chi connectivity index (χ2v) is 22.9. The Hall–Kier alpha value is -1.01. The van der Waals surface area contributed by atoms with Gasteiger partial charge in [0.2, 0.25) is 5.91 Å². The molecule has 2 heterocycles. The summed E-state index contributed by atoms with van der Waals surface area (Å²) in [4.78, 5) is 13.1. The minimum Gasteiger partial charge on any atom is -0.394 e. The predicted molar refractivity (Wildman–Crippen MR) is 300 cm³/mol. The fourth-order valence-corrected chi connectivity index (χ4v) is 10.9. The Bertz CT molecular complexity index is 1270. The predicted octanol–water partition coefficient (Wildman–Crippen LogP) is 11.3. The van der Waals surface area contributed by atoms with Gasteiger partial charge in [-0.1, -0.05) is 271 Å². The summed E-state index contributed by atoms with van der Waals surface area (Å²) in [6.07, 6.45) is 38.0. The van der Waals surface area contributed by atoms with Crippen LogP contribution < -0.4 is 5.32 Å². The fraction of sp³-hybridized carbons (Fsp3) is 0.984. The molecule has 0 aromatic rings. The molecule has 2 saturated heterocycles. The van der Waals surface area contributed by atoms with Gasteiger partial charge in [0.05, 0.1) is 32.0 Å². The Morgan fingerprint density at radius 2 is 0.760 bits per heavy atom. The van der Waals surface area contributed by atoms with Gasteiger partial charge < -0.3 is 65.1 Å². The Kier molecular flexibility index (Phi) is 44.6. The van der Waals surface area contributed by atoms with Crippen LogP contribution in [0.2, 0.25) is 0 Å². The van der Waals surface area contributed by atoms with Crippen molar-refractivity contribution >= 4 is 5.91 Å². The number of nitrogens with one attached hydrogen (secondary N) is 1. The zero-order chi connectivity index (χ0) is 54.6. The van der Waals surface area contributed by atoms with Gasteiger partial charge in [0.15, 0.2) is 12.6 Å². The van der Waals surface area contributed by atoms with Crippen LogP contribution in [0, 0.1) is 0 Å². The number of hydrogen-bond acceptors (Lipinski definition) is 13. The largest absolute Gasteiger partial charge is 0.394 e. The van der Waals surface area contributed by atoms with E-state index in [4.69, 9.17) is 18.9 Å². The minimum absolute atomic E-state index is 0.207. The lowest BCUT2D eigenvalue weighted by molar-refractivity contribution is -0.359. The summed E-state index contributed by atoms with van der Waals surface area (Å²) in [5, 5.41) is 86.6. The first-order valence-electron chi connectivity index (χ1n) is 31.8. The van der Waals surface area contributed by atoms with E-state index < -0.39 is 86.8 Å². The van der Waals surface area contributed by atoms with E-state index in [1.807, 2.05) is 0 Å². The number of unbranched alkanes of at least 4 members (excludes halogenated alkanes) is 39. The molecule has 0 saturated carbocycles. The maximum atomic E-state index is 13.1. The number of carbonyl (C=O) groups excluding carboxylic acids is 1. The molecule has 2 aliphatic heterocycles. The lowest BCUT2D eigenvalue weighted by Crippen LogP contribution is -2.65. The van der Waals surface area contributed by atoms with Crippen LogP contribution >= 0.6 is 0 Å². The van der Waals surface area contributed by atoms with Crippen LogP contribution in [0.1, 0.15) is 290 Å². The number of amides is 1. The molecule has 1 amide bonds. The summed E-state index contributed by atoms with van der Waals surface area (Å²) >= 11 is 0. The average Bonchev–Trinajstić information content (AvgIpc) is 3.41. The van der Waals surface area contributed by atoms with Crippen LogP contribution in [0.4, 0.5) is 0 Å². The van der Waals surface area contributed by atoms with Gasteiger partial charge in [-0.2, -0.15) is 0 Å². The molecule has 75 heavy (non-hydrogen) atoms. The molecule has 2 rings (SSSR count). The highest BCUT2D eigenvalue weighted by atomic mass is 16.7. The van der Waals surface area contributed by atoms with Gasteiger partial charge in [-0.25, -0.2) is 0 Å². The van der Waals surface area contributed by atoms with Crippen LogP contribution in [0.5, 0.6) is 0 Å². The van der Waals surface area contributed by atoms with E-state index in [9.17, 15) is 45.6 Å². The van der Waals surface area contributed by atoms with Crippen LogP contribution in [0.3, 0.4) is 0 Å². The van der Waals surface area contributed by atoms with Crippen molar-refractivity contribution in [3.8, 4) is 0 Å². The molecule has 0 aliphatic carbocycles. The quantitative estimate of drug-likeness (QED) is 0.0259. The van der Waals surface area contributed by atoms with Gasteiger partial charge in [-0.3, -0.25) is 4.79 Å². The number of hydrogen-bond donors (Lipinski definition) is 9. The Morgan fingerprint density at radius 3 is 1.13 bits per heavy atom. The maximum Gasteiger partial charge on any atom is 0.220 e. The second kappa shape index (κ2) is 47.8. The molecule has 446 valence electrons. The summed E-state index contributed by atoms with van der Waals surface area (Å²) in [6.45, 7) is 2.79. The number of rotatable bonds is 52. The van der Waals surface area contributed by atoms with E-state index in [0.29, 0.717) is 12.8 Å². The van der Waals surface area contributed by atoms with E-state index in [1.54, 1.807) is 0 Å². The van der Waals surface area contributed by atoms with Crippen molar-refractivity contribution in [2.24, 2.45) is 0 Å². The molecule has 0 aromatic carbocycles. The molecule has 14 heteroatoms. The van der Waals surface area contributed by atoms with Gasteiger partial charge in [-0.05, 0) is 12.8 Å². The van der Waals surface area contributed by atoms with Crippen molar-refractivity contribution in [2.75, 3.05) is 19.8 Å². The first kappa shape index (κ1) is 70.1. The third kappa shape index (κ3) is 33.4. The molecule has 9 N–H and O–H groups in total. The van der Waals surface area contributed by atoms with Gasteiger partial charge in [-0.15, -0.1) is 0 Å². The van der Waals surface area contributed by atoms with Crippen LogP contribution in [0.15, 0.2) is 0 Å². The lowest BCUT2D eigenvalue weighted by atomic mass is 9.97. The highest BCUT2D eigenvalue weighted by Gasteiger charge is 2.51. The summed E-state index contributed by atoms with van der Waals surface area (Å²) < 4.78 is 22.7. The molecule has 12 atom stereocenters. The van der Waals surface area contributed by atoms with Crippen LogP contribution in [-0.2, 0) is 23.7 Å². The standard InChI is InChI=1S/C61H119NO13/c1-3-5-7-9-10-11-12-13-14-15-16-17-18-19-20-21-22-23-24-25-26-27-28-29-30-31-32-33-34-35-36-37-38-39-41-43-45-53(66)62-49(50(65)44-42-40-8-6-4-2)48-72-60-58(71)56(69)59(52(47-64)74-60)75-61-57(70)55(68)54(67)51(46-63)73-61/h49-52,54-61,63-65,67-71H,3-48H2,1-2H3,(H,62,66). The van der Waals surface area contributed by atoms with Gasteiger partial charge in [0.1, 0.15) is 48.8 Å². The lowest BCUT2D eigenvalue weighted by Gasteiger charge is -2.46. The summed E-state index contributed by atoms with van der Waals surface area (Å²) in [5.41, 5.74) is 0. The topological polar surface area (TPSA) is 228 Å². The fourth-order valence-electron chi connectivity index (χ4n) is 10.9. The van der Waals surface area contributed by atoms with Crippen molar-refractivity contribution in [3.05, 3.63) is 0 Å². The molecule has 14 nitrogen and oxygen atoms in total. The molecular formula is C61H119NO13. The third-order valence-electron chi connectivity index (χ3n) is 16.1. The monoisotopic (exact) mass is 1070 g/mol. The molecule has 12 unspecified atom stereocenters. The minimum atomic E-state index is -1.78. The van der Waals surface area contributed by atoms with Crippen molar-refractivity contribution < 1.29 is 64.6 Å². The smallest absolute Gasteiger partial charge is 0.220 e. The molecule has 2 fully saturated rings. The first-order valence-corrected chi connectivity index (χ1v) is 31.8. The van der Waals surface area contributed by atoms with Gasteiger partial charge in [0.25, 0.3) is 0 Å². The first-order chi connectivity index (χ1) is 36.6. The SMILES string of the molecule is CCCCCCCCCCCCCCCCCCCCCCCCCCCCCCCCCCCCCCC(=O)NC(COC1OC(CO)C(OC2OC(CO)C(O)C(O)C2O)C(O)C1O)C(O)CCCCCCC. The number of carbonyl (C=O) groups is 1. The van der Waals surface area contributed by atoms with E-state index in [2.05, 4.69) is 19.2 Å². The number of aliphatic hydroxyl groups is 8. The zero-order valence-corrected chi connectivity index (χ0v) is 48.1. The Labute approximate surface area is 457 Å². The Morgan fingerprint density at radius 1 is 0.427 bits per heavy atom. The van der Waals surface area contributed by atoms with Crippen molar-refractivity contribution in [1.82, 2.24) is 5.32 Å². The van der Waals surface area contributed by atoms with Gasteiger partial charge in [0, 0.05) is 6.42 Å². The van der Waals surface area contributed by atoms with Crippen LogP contribution in [0.25, 0.3) is 0 Å². The van der Waals surface area contributed by atoms with E-state index in [0.717, 1.165) is 57.8 Å². The summed E-state index contributed by atoms with van der Waals surface area (Å²) in [6, 6.07) is -0.819. The molecule has 2 aliphatic rings. The van der Waals surface area contributed by atoms with Crippen molar-refractivity contribution in [1.29, 1.82) is 0 Å². The number of aliphatic hydroxyl groups excluding tert-OH is 8. The summed E-state index contributed by atoms with van der Waals surface area (Å²) in [5.74, 6) is -0.207. The molecule has 0 spiro atoms.